The Kier molecular flexibility index (Phi) is 6.64. The smallest absolute Gasteiger partial charge is 0.260 e. The lowest BCUT2D eigenvalue weighted by Gasteiger charge is -2.30. The molecule has 1 atom stereocenters. The van der Waals surface area contributed by atoms with E-state index >= 15 is 0 Å². The van der Waals surface area contributed by atoms with Gasteiger partial charge in [-0.15, -0.1) is 0 Å². The van der Waals surface area contributed by atoms with E-state index in [0.29, 0.717) is 43.8 Å². The zero-order chi connectivity index (χ0) is 27.9. The molecule has 6 aromatic rings. The van der Waals surface area contributed by atoms with E-state index in [1.165, 1.54) is 12.5 Å². The van der Waals surface area contributed by atoms with Crippen molar-refractivity contribution in [3.63, 3.8) is 0 Å². The molecule has 3 heterocycles. The second kappa shape index (κ2) is 10.3. The van der Waals surface area contributed by atoms with Crippen LogP contribution in [0.25, 0.3) is 22.0 Å². The number of pyridine rings is 1. The number of carbonyl (C=O) groups excluding carboxylic acids is 1. The van der Waals surface area contributed by atoms with Gasteiger partial charge in [0.15, 0.2) is 5.60 Å². The SMILES string of the molecule is Cn1cncc1C(O)(c1ccc(Cl)cc1)c1ccc2nc(NC(=O)c3ccoc3)cc(-c3cccc(Cl)c3)c2c1. The van der Waals surface area contributed by atoms with Crippen molar-refractivity contribution in [3.05, 3.63) is 136 Å². The number of nitrogens with zero attached hydrogens (tertiary/aromatic N) is 3. The largest absolute Gasteiger partial charge is 0.472 e. The van der Waals surface area contributed by atoms with Crippen LogP contribution in [0.3, 0.4) is 0 Å². The molecule has 6 rings (SSSR count). The summed E-state index contributed by atoms with van der Waals surface area (Å²) in [6, 6.07) is 23.4. The summed E-state index contributed by atoms with van der Waals surface area (Å²) in [5.41, 5.74) is 2.86. The van der Waals surface area contributed by atoms with Crippen molar-refractivity contribution in [2.24, 2.45) is 7.05 Å². The number of hydrogen-bond acceptors (Lipinski definition) is 5. The topological polar surface area (TPSA) is 93.2 Å². The van der Waals surface area contributed by atoms with Gasteiger partial charge in [0.1, 0.15) is 12.1 Å². The molecule has 3 aromatic heterocycles. The number of aromatic nitrogens is 3. The second-order valence-electron chi connectivity index (χ2n) is 9.37. The van der Waals surface area contributed by atoms with Gasteiger partial charge in [-0.25, -0.2) is 9.97 Å². The van der Waals surface area contributed by atoms with E-state index in [-0.39, 0.29) is 5.91 Å². The number of nitrogens with one attached hydrogen (secondary N) is 1. The highest BCUT2D eigenvalue weighted by Gasteiger charge is 2.37. The molecule has 9 heteroatoms. The molecule has 2 N–H and O–H groups in total. The molecule has 0 saturated carbocycles. The van der Waals surface area contributed by atoms with Crippen LogP contribution in [0, 0.1) is 0 Å². The van der Waals surface area contributed by atoms with Crippen molar-refractivity contribution in [2.45, 2.75) is 5.60 Å². The van der Waals surface area contributed by atoms with Gasteiger partial charge in [-0.2, -0.15) is 0 Å². The third-order valence-electron chi connectivity index (χ3n) is 6.84. The number of imidazole rings is 1. The Morgan fingerprint density at radius 3 is 2.48 bits per heavy atom. The van der Waals surface area contributed by atoms with E-state index in [2.05, 4.69) is 10.3 Å². The molecule has 1 unspecified atom stereocenters. The number of furan rings is 1. The van der Waals surface area contributed by atoms with Gasteiger partial charge in [0.2, 0.25) is 0 Å². The maximum atomic E-state index is 12.8. The molecule has 0 saturated heterocycles. The fraction of sp³-hybridized carbons (Fsp3) is 0.0645. The fourth-order valence-electron chi connectivity index (χ4n) is 4.85. The number of rotatable bonds is 6. The average Bonchev–Trinajstić information content (AvgIpc) is 3.65. The third-order valence-corrected chi connectivity index (χ3v) is 7.32. The monoisotopic (exact) mass is 568 g/mol. The normalized spacial score (nSPS) is 12.8. The predicted molar refractivity (Wildman–Crippen MR) is 156 cm³/mol. The maximum absolute atomic E-state index is 12.8. The third kappa shape index (κ3) is 4.64. The molecular weight excluding hydrogens is 547 g/mol. The molecule has 3 aromatic carbocycles. The highest BCUT2D eigenvalue weighted by Crippen LogP contribution is 2.40. The Bertz CT molecular complexity index is 1850. The number of anilines is 1. The van der Waals surface area contributed by atoms with Crippen LogP contribution in [0.5, 0.6) is 0 Å². The lowest BCUT2D eigenvalue weighted by Crippen LogP contribution is -2.31. The second-order valence-corrected chi connectivity index (χ2v) is 10.2. The van der Waals surface area contributed by atoms with Crippen molar-refractivity contribution < 1.29 is 14.3 Å². The van der Waals surface area contributed by atoms with E-state index in [4.69, 9.17) is 32.6 Å². The van der Waals surface area contributed by atoms with Crippen LogP contribution >= 0.6 is 23.2 Å². The summed E-state index contributed by atoms with van der Waals surface area (Å²) >= 11 is 12.5. The number of aryl methyl sites for hydroxylation is 1. The van der Waals surface area contributed by atoms with Crippen LogP contribution in [-0.2, 0) is 12.6 Å². The number of fused-ring (bicyclic) bond motifs is 1. The van der Waals surface area contributed by atoms with Crippen LogP contribution in [0.2, 0.25) is 10.0 Å². The molecule has 0 radical (unpaired) electrons. The summed E-state index contributed by atoms with van der Waals surface area (Å²) in [5, 5.41) is 17.2. The molecule has 198 valence electrons. The van der Waals surface area contributed by atoms with Crippen LogP contribution in [0.4, 0.5) is 5.82 Å². The lowest BCUT2D eigenvalue weighted by molar-refractivity contribution is 0.102. The minimum atomic E-state index is -1.55. The summed E-state index contributed by atoms with van der Waals surface area (Å²) < 4.78 is 6.82. The Balaban J connectivity index is 1.56. The molecular formula is C31H22Cl2N4O3. The van der Waals surface area contributed by atoms with Gasteiger partial charge in [-0.05, 0) is 70.8 Å². The zero-order valence-electron chi connectivity index (χ0n) is 21.2. The number of hydrogen-bond donors (Lipinski definition) is 2. The first-order valence-corrected chi connectivity index (χ1v) is 13.1. The maximum Gasteiger partial charge on any atom is 0.260 e. The summed E-state index contributed by atoms with van der Waals surface area (Å²) in [5.74, 6) is 0.0172. The molecule has 0 spiro atoms. The summed E-state index contributed by atoms with van der Waals surface area (Å²) in [7, 11) is 1.83. The molecule has 0 aliphatic rings. The van der Waals surface area contributed by atoms with E-state index < -0.39 is 5.60 Å². The van der Waals surface area contributed by atoms with Gasteiger partial charge in [0, 0.05) is 22.5 Å². The highest BCUT2D eigenvalue weighted by atomic mass is 35.5. The van der Waals surface area contributed by atoms with Crippen molar-refractivity contribution in [1.82, 2.24) is 14.5 Å². The lowest BCUT2D eigenvalue weighted by atomic mass is 9.82. The standard InChI is InChI=1S/C31H22Cl2N4O3/c1-37-18-34-16-28(37)31(39,21-5-8-23(32)9-6-21)22-7-10-27-26(14-22)25(19-3-2-4-24(33)13-19)15-29(35-27)36-30(38)20-11-12-40-17-20/h2-18,39H,1H3,(H,35,36,38). The summed E-state index contributed by atoms with van der Waals surface area (Å²) in [6.45, 7) is 0. The molecule has 0 bridgehead atoms. The van der Waals surface area contributed by atoms with Crippen molar-refractivity contribution in [2.75, 3.05) is 5.32 Å². The van der Waals surface area contributed by atoms with Gasteiger partial charge in [-0.1, -0.05) is 53.5 Å². The number of benzene rings is 3. The van der Waals surface area contributed by atoms with Gasteiger partial charge >= 0.3 is 0 Å². The first-order valence-electron chi connectivity index (χ1n) is 12.3. The average molecular weight is 569 g/mol. The molecule has 40 heavy (non-hydrogen) atoms. The number of halogens is 2. The Hall–Kier alpha value is -4.43. The van der Waals surface area contributed by atoms with Gasteiger partial charge in [0.25, 0.3) is 5.91 Å². The predicted octanol–water partition coefficient (Wildman–Crippen LogP) is 7.07. The Morgan fingerprint density at radius 1 is 0.975 bits per heavy atom. The van der Waals surface area contributed by atoms with Crippen molar-refractivity contribution in [3.8, 4) is 11.1 Å². The molecule has 0 aliphatic heterocycles. The van der Waals surface area contributed by atoms with E-state index in [1.807, 2.05) is 43.4 Å². The van der Waals surface area contributed by atoms with Gasteiger partial charge < -0.3 is 19.4 Å². The quantitative estimate of drug-likeness (QED) is 0.224. The Morgan fingerprint density at radius 2 is 1.77 bits per heavy atom. The summed E-state index contributed by atoms with van der Waals surface area (Å²) in [6.07, 6.45) is 6.09. The zero-order valence-corrected chi connectivity index (χ0v) is 22.7. The van der Waals surface area contributed by atoms with Crippen molar-refractivity contribution in [1.29, 1.82) is 0 Å². The number of amides is 1. The minimum absolute atomic E-state index is 0.345. The van der Waals surface area contributed by atoms with Crippen LogP contribution in [0.15, 0.2) is 108 Å². The van der Waals surface area contributed by atoms with E-state index in [1.54, 1.807) is 59.6 Å². The van der Waals surface area contributed by atoms with E-state index in [9.17, 15) is 9.90 Å². The first-order chi connectivity index (χ1) is 19.3. The van der Waals surface area contributed by atoms with Crippen LogP contribution in [-0.4, -0.2) is 25.5 Å². The van der Waals surface area contributed by atoms with E-state index in [0.717, 1.165) is 16.5 Å². The van der Waals surface area contributed by atoms with Gasteiger partial charge in [0.05, 0.1) is 35.6 Å². The molecule has 7 nitrogen and oxygen atoms in total. The van der Waals surface area contributed by atoms with Crippen molar-refractivity contribution >= 4 is 45.8 Å². The Labute approximate surface area is 239 Å². The van der Waals surface area contributed by atoms with Gasteiger partial charge in [-0.3, -0.25) is 4.79 Å². The number of aliphatic hydroxyl groups is 1. The van der Waals surface area contributed by atoms with Crippen LogP contribution in [0.1, 0.15) is 27.2 Å². The fourth-order valence-corrected chi connectivity index (χ4v) is 5.17. The highest BCUT2D eigenvalue weighted by molar-refractivity contribution is 6.31. The summed E-state index contributed by atoms with van der Waals surface area (Å²) in [4.78, 5) is 21.7. The number of carbonyl (C=O) groups is 1. The molecule has 0 aliphatic carbocycles. The first kappa shape index (κ1) is 25.8. The molecule has 1 amide bonds. The minimum Gasteiger partial charge on any atom is -0.472 e. The molecule has 0 fully saturated rings. The van der Waals surface area contributed by atoms with Crippen LogP contribution < -0.4 is 5.32 Å².